The topological polar surface area (TPSA) is 29.3 Å². The van der Waals surface area contributed by atoms with E-state index in [4.69, 9.17) is 5.73 Å². The van der Waals surface area contributed by atoms with E-state index in [1.165, 1.54) is 0 Å². The van der Waals surface area contributed by atoms with Gasteiger partial charge in [-0.3, -0.25) is 0 Å². The van der Waals surface area contributed by atoms with Gasteiger partial charge in [-0.1, -0.05) is 12.2 Å². The fourth-order valence-corrected chi connectivity index (χ4v) is 1.31. The molecule has 0 aliphatic rings. The van der Waals surface area contributed by atoms with E-state index in [0.717, 1.165) is 25.8 Å². The maximum atomic E-state index is 6.20. The zero-order chi connectivity index (χ0) is 10.3. The summed E-state index contributed by atoms with van der Waals surface area (Å²) in [5, 5.41) is 0. The number of nitrogens with two attached hydrogens (primary N) is 1. The fraction of sp³-hybridized carbons (Fsp3) is 0.636. The van der Waals surface area contributed by atoms with Crippen LogP contribution in [0.5, 0.6) is 0 Å². The Labute approximate surface area is 82.1 Å². The highest BCUT2D eigenvalue weighted by molar-refractivity contribution is 4.95. The Kier molecular flexibility index (Phi) is 5.67. The standard InChI is InChI=1S/C11H22N2/c1-5-7-11(12,8-6-2)9-10-13(3)4/h5-6H,1-2,7-10,12H2,3-4H3. The number of nitrogens with zero attached hydrogens (tertiary/aromatic N) is 1. The summed E-state index contributed by atoms with van der Waals surface area (Å²) in [5.74, 6) is 0. The second-order valence-corrected chi connectivity index (χ2v) is 3.90. The summed E-state index contributed by atoms with van der Waals surface area (Å²) in [6.07, 6.45) is 6.47. The zero-order valence-corrected chi connectivity index (χ0v) is 8.92. The zero-order valence-electron chi connectivity index (χ0n) is 8.92. The van der Waals surface area contributed by atoms with Gasteiger partial charge in [-0.2, -0.15) is 0 Å². The third kappa shape index (κ3) is 5.61. The van der Waals surface area contributed by atoms with Crippen molar-refractivity contribution < 1.29 is 0 Å². The lowest BCUT2D eigenvalue weighted by Crippen LogP contribution is -2.41. The molecule has 0 fully saturated rings. The molecule has 0 aliphatic heterocycles. The van der Waals surface area contributed by atoms with Gasteiger partial charge in [-0.15, -0.1) is 13.2 Å². The van der Waals surface area contributed by atoms with Crippen LogP contribution >= 0.6 is 0 Å². The first-order valence-corrected chi connectivity index (χ1v) is 4.69. The molecule has 0 unspecified atom stereocenters. The summed E-state index contributed by atoms with van der Waals surface area (Å²) in [5.41, 5.74) is 6.05. The molecular weight excluding hydrogens is 160 g/mol. The number of hydrogen-bond donors (Lipinski definition) is 1. The van der Waals surface area contributed by atoms with Crippen molar-refractivity contribution in [2.24, 2.45) is 5.73 Å². The highest BCUT2D eigenvalue weighted by Crippen LogP contribution is 2.17. The van der Waals surface area contributed by atoms with Crippen LogP contribution in [-0.2, 0) is 0 Å². The second kappa shape index (κ2) is 5.95. The lowest BCUT2D eigenvalue weighted by Gasteiger charge is -2.28. The smallest absolute Gasteiger partial charge is 0.0236 e. The minimum Gasteiger partial charge on any atom is -0.324 e. The quantitative estimate of drug-likeness (QED) is 0.608. The lowest BCUT2D eigenvalue weighted by molar-refractivity contribution is 0.315. The summed E-state index contributed by atoms with van der Waals surface area (Å²) in [6.45, 7) is 8.47. The molecule has 0 saturated carbocycles. The summed E-state index contributed by atoms with van der Waals surface area (Å²) in [7, 11) is 4.12. The van der Waals surface area contributed by atoms with Crippen LogP contribution in [0.1, 0.15) is 19.3 Å². The van der Waals surface area contributed by atoms with E-state index in [0.29, 0.717) is 0 Å². The molecule has 2 heteroatoms. The van der Waals surface area contributed by atoms with Gasteiger partial charge in [0.25, 0.3) is 0 Å². The molecule has 0 amide bonds. The van der Waals surface area contributed by atoms with Crippen LogP contribution in [0.4, 0.5) is 0 Å². The van der Waals surface area contributed by atoms with Crippen molar-refractivity contribution in [3.8, 4) is 0 Å². The first-order valence-electron chi connectivity index (χ1n) is 4.69. The van der Waals surface area contributed by atoms with Gasteiger partial charge in [0.15, 0.2) is 0 Å². The average Bonchev–Trinajstić information content (AvgIpc) is 2.02. The molecule has 13 heavy (non-hydrogen) atoms. The van der Waals surface area contributed by atoms with Gasteiger partial charge in [-0.25, -0.2) is 0 Å². The van der Waals surface area contributed by atoms with Crippen molar-refractivity contribution in [1.82, 2.24) is 4.90 Å². The van der Waals surface area contributed by atoms with Crippen molar-refractivity contribution in [3.63, 3.8) is 0 Å². The van der Waals surface area contributed by atoms with Crippen molar-refractivity contribution >= 4 is 0 Å². The highest BCUT2D eigenvalue weighted by atomic mass is 15.1. The second-order valence-electron chi connectivity index (χ2n) is 3.90. The molecule has 0 aromatic heterocycles. The maximum absolute atomic E-state index is 6.20. The van der Waals surface area contributed by atoms with E-state index in [-0.39, 0.29) is 5.54 Å². The molecule has 2 N–H and O–H groups in total. The van der Waals surface area contributed by atoms with E-state index < -0.39 is 0 Å². The van der Waals surface area contributed by atoms with Gasteiger partial charge in [-0.05, 0) is 39.9 Å². The van der Waals surface area contributed by atoms with Gasteiger partial charge < -0.3 is 10.6 Å². The molecule has 0 aromatic rings. The molecule has 0 radical (unpaired) electrons. The van der Waals surface area contributed by atoms with E-state index in [2.05, 4.69) is 32.2 Å². The molecule has 0 atom stereocenters. The monoisotopic (exact) mass is 182 g/mol. The Hall–Kier alpha value is -0.600. The lowest BCUT2D eigenvalue weighted by atomic mass is 9.88. The Morgan fingerprint density at radius 2 is 1.69 bits per heavy atom. The van der Waals surface area contributed by atoms with E-state index in [1.54, 1.807) is 0 Å². The average molecular weight is 182 g/mol. The molecule has 0 bridgehead atoms. The molecule has 0 aromatic carbocycles. The Bertz CT molecular complexity index is 151. The van der Waals surface area contributed by atoms with Gasteiger partial charge in [0, 0.05) is 5.54 Å². The van der Waals surface area contributed by atoms with Crippen molar-refractivity contribution in [3.05, 3.63) is 25.3 Å². The van der Waals surface area contributed by atoms with Crippen molar-refractivity contribution in [1.29, 1.82) is 0 Å². The molecule has 0 saturated heterocycles. The highest BCUT2D eigenvalue weighted by Gasteiger charge is 2.21. The maximum Gasteiger partial charge on any atom is 0.0236 e. The molecular formula is C11H22N2. The van der Waals surface area contributed by atoms with Crippen LogP contribution in [0.25, 0.3) is 0 Å². The Morgan fingerprint density at radius 3 is 2.00 bits per heavy atom. The van der Waals surface area contributed by atoms with Gasteiger partial charge in [0.05, 0.1) is 0 Å². The van der Waals surface area contributed by atoms with Crippen LogP contribution in [0, 0.1) is 0 Å². The first kappa shape index (κ1) is 12.4. The third-order valence-electron chi connectivity index (χ3n) is 2.16. The van der Waals surface area contributed by atoms with Crippen molar-refractivity contribution in [2.75, 3.05) is 20.6 Å². The van der Waals surface area contributed by atoms with Crippen LogP contribution in [0.2, 0.25) is 0 Å². The predicted molar refractivity (Wildman–Crippen MR) is 59.7 cm³/mol. The number of rotatable bonds is 7. The first-order chi connectivity index (χ1) is 6.04. The number of hydrogen-bond acceptors (Lipinski definition) is 2. The van der Waals surface area contributed by atoms with Crippen molar-refractivity contribution in [2.45, 2.75) is 24.8 Å². The molecule has 0 aliphatic carbocycles. The molecule has 0 spiro atoms. The molecule has 0 rings (SSSR count). The SMILES string of the molecule is C=CCC(N)(CC=C)CCN(C)C. The van der Waals surface area contributed by atoms with Crippen LogP contribution in [-0.4, -0.2) is 31.1 Å². The summed E-state index contributed by atoms with van der Waals surface area (Å²) in [6, 6.07) is 0. The Morgan fingerprint density at radius 1 is 1.23 bits per heavy atom. The van der Waals surface area contributed by atoms with Crippen LogP contribution < -0.4 is 5.73 Å². The summed E-state index contributed by atoms with van der Waals surface area (Å²) < 4.78 is 0. The minimum absolute atomic E-state index is 0.145. The van der Waals surface area contributed by atoms with E-state index in [9.17, 15) is 0 Å². The van der Waals surface area contributed by atoms with Crippen LogP contribution in [0.15, 0.2) is 25.3 Å². The van der Waals surface area contributed by atoms with E-state index >= 15 is 0 Å². The summed E-state index contributed by atoms with van der Waals surface area (Å²) in [4.78, 5) is 2.15. The normalized spacial score (nSPS) is 11.7. The minimum atomic E-state index is -0.145. The molecule has 2 nitrogen and oxygen atoms in total. The van der Waals surface area contributed by atoms with Gasteiger partial charge in [0.2, 0.25) is 0 Å². The largest absolute Gasteiger partial charge is 0.324 e. The third-order valence-corrected chi connectivity index (χ3v) is 2.16. The fourth-order valence-electron chi connectivity index (χ4n) is 1.31. The van der Waals surface area contributed by atoms with Gasteiger partial charge in [0.1, 0.15) is 0 Å². The predicted octanol–water partition coefficient (Wildman–Crippen LogP) is 1.79. The van der Waals surface area contributed by atoms with Crippen LogP contribution in [0.3, 0.4) is 0 Å². The Balaban J connectivity index is 4.05. The molecule has 76 valence electrons. The van der Waals surface area contributed by atoms with Gasteiger partial charge >= 0.3 is 0 Å². The van der Waals surface area contributed by atoms with E-state index in [1.807, 2.05) is 12.2 Å². The summed E-state index contributed by atoms with van der Waals surface area (Å²) >= 11 is 0. The molecule has 0 heterocycles.